The van der Waals surface area contributed by atoms with Crippen LogP contribution in [-0.2, 0) is 45.2 Å². The number of amides is 4. The largest absolute Gasteiger partial charge is 0.505 e. The van der Waals surface area contributed by atoms with Gasteiger partial charge in [-0.3, -0.25) is 19.6 Å². The number of pyridine rings is 2. The van der Waals surface area contributed by atoms with Gasteiger partial charge in [0.2, 0.25) is 0 Å². The van der Waals surface area contributed by atoms with E-state index in [1.807, 2.05) is 60.7 Å². The van der Waals surface area contributed by atoms with E-state index in [9.17, 15) is 42.7 Å². The van der Waals surface area contributed by atoms with Crippen molar-refractivity contribution in [3.8, 4) is 23.0 Å². The zero-order chi connectivity index (χ0) is 59.1. The van der Waals surface area contributed by atoms with Gasteiger partial charge in [-0.25, -0.2) is 28.0 Å². The molecule has 2 unspecified atom stereocenters. The van der Waals surface area contributed by atoms with Gasteiger partial charge in [-0.1, -0.05) is 113 Å². The van der Waals surface area contributed by atoms with Crippen LogP contribution in [0, 0.1) is 23.5 Å². The Hall–Kier alpha value is -9.98. The van der Waals surface area contributed by atoms with Crippen LogP contribution in [0.4, 0.5) is 18.4 Å². The summed E-state index contributed by atoms with van der Waals surface area (Å²) in [6, 6.07) is 35.7. The number of carbonyl (C=O) groups excluding carboxylic acids is 6. The van der Waals surface area contributed by atoms with Crippen molar-refractivity contribution in [3.63, 3.8) is 0 Å². The van der Waals surface area contributed by atoms with E-state index < -0.39 is 54.0 Å². The van der Waals surface area contributed by atoms with Gasteiger partial charge in [0.05, 0.1) is 38.4 Å². The third-order valence-corrected chi connectivity index (χ3v) is 14.1. The zero-order valence-corrected chi connectivity index (χ0v) is 46.1. The topological polar surface area (TPSA) is 225 Å². The van der Waals surface area contributed by atoms with Gasteiger partial charge >= 0.3 is 24.1 Å². The van der Waals surface area contributed by atoms with Gasteiger partial charge in [-0.2, -0.15) is 0 Å². The van der Waals surface area contributed by atoms with Crippen molar-refractivity contribution >= 4 is 57.7 Å². The molecule has 2 aliphatic rings. The lowest BCUT2D eigenvalue weighted by Crippen LogP contribution is -2.46. The van der Waals surface area contributed by atoms with Crippen LogP contribution >= 0.6 is 0 Å². The number of nitrogens with zero attached hydrogens (tertiary/aromatic N) is 4. The highest BCUT2D eigenvalue weighted by molar-refractivity contribution is 6.10. The number of phenols is 1. The number of rotatable bonds is 16. The Labute approximate surface area is 475 Å². The number of phenolic OH excluding ortho intramolecular Hbond substituents is 1. The molecule has 0 saturated carbocycles. The maximum atomic E-state index is 14.3. The summed E-state index contributed by atoms with van der Waals surface area (Å²) in [7, 11) is 2.47. The Balaban J connectivity index is 0.000000210. The van der Waals surface area contributed by atoms with Crippen molar-refractivity contribution in [2.45, 2.75) is 72.1 Å². The normalized spacial score (nSPS) is 13.3. The van der Waals surface area contributed by atoms with E-state index in [2.05, 4.69) is 20.6 Å². The number of benzene rings is 6. The summed E-state index contributed by atoms with van der Waals surface area (Å²) in [4.78, 5) is 90.0. The molecule has 10 rings (SSSR count). The maximum Gasteiger partial charge on any atom is 0.413 e. The molecule has 4 amide bonds. The van der Waals surface area contributed by atoms with E-state index in [0.29, 0.717) is 38.5 Å². The highest BCUT2D eigenvalue weighted by Crippen LogP contribution is 2.47. The van der Waals surface area contributed by atoms with Crippen molar-refractivity contribution in [3.05, 3.63) is 202 Å². The molecule has 2 aromatic heterocycles. The average molecular weight is 1130 g/mol. The minimum Gasteiger partial charge on any atom is -0.505 e. The molecule has 20 heteroatoms. The fourth-order valence-corrected chi connectivity index (χ4v) is 9.89. The molecule has 4 heterocycles. The summed E-state index contributed by atoms with van der Waals surface area (Å²) < 4.78 is 55.1. The Kier molecular flexibility index (Phi) is 17.5. The highest BCUT2D eigenvalue weighted by Gasteiger charge is 2.40. The molecule has 2 aliphatic heterocycles. The van der Waals surface area contributed by atoms with E-state index in [4.69, 9.17) is 23.7 Å². The molecule has 6 aromatic carbocycles. The monoisotopic (exact) mass is 1130 g/mol. The number of carbonyl (C=O) groups is 6. The number of ether oxygens (including phenoxy) is 5. The molecule has 3 N–H and O–H groups in total. The van der Waals surface area contributed by atoms with Crippen LogP contribution in [0.1, 0.15) is 87.9 Å². The fraction of sp³-hybridized carbons (Fsp3) is 0.238. The first-order valence-electron chi connectivity index (χ1n) is 26.5. The van der Waals surface area contributed by atoms with E-state index in [0.717, 1.165) is 11.1 Å². The number of esters is 2. The van der Waals surface area contributed by atoms with E-state index >= 15 is 0 Å². The minimum atomic E-state index is -0.961. The number of halogens is 2. The SMILES string of the molecule is COC(=O)C(NC(=O)Oc1c2c(c(O)c3ncccc13)C(=O)N(Cc1ccc(F)cc1)C2)C(C)C.COC(=O)C(NC(=O)Oc1c2c(c(OC(c3ccccc3)c3ccccc3)c3ncccc13)C(=O)N(Cc1ccc(F)cc1)C2)C(C)C. The quantitative estimate of drug-likeness (QED) is 0.0766. The van der Waals surface area contributed by atoms with Crippen LogP contribution in [-0.4, -0.2) is 87.1 Å². The third-order valence-electron chi connectivity index (χ3n) is 14.1. The molecule has 426 valence electrons. The molecule has 8 aromatic rings. The molecule has 0 aliphatic carbocycles. The minimum absolute atomic E-state index is 0.0190. The van der Waals surface area contributed by atoms with Crippen molar-refractivity contribution in [2.75, 3.05) is 14.2 Å². The van der Waals surface area contributed by atoms with Gasteiger partial charge in [0.25, 0.3) is 11.8 Å². The van der Waals surface area contributed by atoms with Gasteiger partial charge in [0.15, 0.2) is 11.5 Å². The molecule has 0 fully saturated rings. The van der Waals surface area contributed by atoms with Gasteiger partial charge in [-0.15, -0.1) is 0 Å². The number of nitrogens with one attached hydrogen (secondary N) is 2. The smallest absolute Gasteiger partial charge is 0.413 e. The molecular formula is C63H58F2N6O12. The fourth-order valence-electron chi connectivity index (χ4n) is 9.89. The number of fused-ring (bicyclic) bond motifs is 4. The summed E-state index contributed by atoms with van der Waals surface area (Å²) in [5, 5.41) is 16.7. The van der Waals surface area contributed by atoms with Crippen LogP contribution in [0.2, 0.25) is 0 Å². The molecule has 18 nitrogen and oxygen atoms in total. The second kappa shape index (κ2) is 25.2. The maximum absolute atomic E-state index is 14.3. The molecule has 0 bridgehead atoms. The van der Waals surface area contributed by atoms with E-state index in [1.165, 1.54) is 49.6 Å². The van der Waals surface area contributed by atoms with Crippen molar-refractivity contribution in [1.82, 2.24) is 30.4 Å². The first kappa shape index (κ1) is 57.7. The van der Waals surface area contributed by atoms with Crippen LogP contribution in [0.25, 0.3) is 21.8 Å². The van der Waals surface area contributed by atoms with Gasteiger partial charge in [0.1, 0.15) is 52.4 Å². The molecule has 0 spiro atoms. The Bertz CT molecular complexity index is 3700. The third kappa shape index (κ3) is 12.5. The molecule has 0 saturated heterocycles. The van der Waals surface area contributed by atoms with Crippen LogP contribution in [0.3, 0.4) is 0 Å². The van der Waals surface area contributed by atoms with Gasteiger partial charge in [-0.05, 0) is 82.6 Å². The Morgan fingerprint density at radius 2 is 0.964 bits per heavy atom. The van der Waals surface area contributed by atoms with Crippen LogP contribution in [0.15, 0.2) is 146 Å². The molecule has 0 radical (unpaired) electrons. The van der Waals surface area contributed by atoms with E-state index in [1.54, 1.807) is 87.3 Å². The van der Waals surface area contributed by atoms with Crippen molar-refractivity contribution in [2.24, 2.45) is 11.8 Å². The second-order valence-electron chi connectivity index (χ2n) is 20.3. The first-order chi connectivity index (χ1) is 40.0. The average Bonchev–Trinajstić information content (AvgIpc) is 3.15. The lowest BCUT2D eigenvalue weighted by molar-refractivity contribution is -0.144. The summed E-state index contributed by atoms with van der Waals surface area (Å²) in [6.07, 6.45) is 0.600. The predicted molar refractivity (Wildman–Crippen MR) is 300 cm³/mol. The second-order valence-corrected chi connectivity index (χ2v) is 20.3. The van der Waals surface area contributed by atoms with Crippen molar-refractivity contribution < 1.29 is 66.3 Å². The summed E-state index contributed by atoms with van der Waals surface area (Å²) >= 11 is 0. The first-order valence-corrected chi connectivity index (χ1v) is 26.5. The van der Waals surface area contributed by atoms with E-state index in [-0.39, 0.29) is 89.4 Å². The summed E-state index contributed by atoms with van der Waals surface area (Å²) in [6.45, 7) is 7.46. The molecule has 83 heavy (non-hydrogen) atoms. The summed E-state index contributed by atoms with van der Waals surface area (Å²) in [5.74, 6) is -3.31. The highest BCUT2D eigenvalue weighted by atomic mass is 19.1. The number of aromatic nitrogens is 2. The van der Waals surface area contributed by atoms with Crippen LogP contribution in [0.5, 0.6) is 23.0 Å². The number of methoxy groups -OCH3 is 2. The number of hydrogen-bond acceptors (Lipinski definition) is 14. The lowest BCUT2D eigenvalue weighted by atomic mass is 9.99. The Morgan fingerprint density at radius 3 is 1.40 bits per heavy atom. The molecule has 2 atom stereocenters. The van der Waals surface area contributed by atoms with Gasteiger partial charge in [0, 0.05) is 47.4 Å². The Morgan fingerprint density at radius 1 is 0.554 bits per heavy atom. The number of aromatic hydroxyl groups is 1. The van der Waals surface area contributed by atoms with Crippen LogP contribution < -0.4 is 24.8 Å². The molecular weight excluding hydrogens is 1070 g/mol. The zero-order valence-electron chi connectivity index (χ0n) is 46.1. The standard InChI is InChI=1S/C38H34FN3O6.C25H24FN3O6/c1-23(2)31(37(44)46-3)41-38(45)48-34-28-15-10-20-40-32(28)35(47-33(25-11-6-4-7-12-25)26-13-8-5-9-14-26)30-29(34)22-42(36(30)43)21-24-16-18-27(39)19-17-24;1-13(2)19(24(32)34-3)28-25(33)35-22-16-5-4-10-27-20(16)21(30)18-17(22)12-29(23(18)31)11-14-6-8-15(26)9-7-14/h4-20,23,31,33H,21-22H2,1-3H3,(H,41,45);4-10,13,19,30H,11-12H2,1-3H3,(H,28,33). The van der Waals surface area contributed by atoms with Gasteiger partial charge < -0.3 is 49.2 Å². The summed E-state index contributed by atoms with van der Waals surface area (Å²) in [5.41, 5.74) is 4.46. The lowest BCUT2D eigenvalue weighted by Gasteiger charge is -2.24. The van der Waals surface area contributed by atoms with Crippen molar-refractivity contribution in [1.29, 1.82) is 0 Å². The predicted octanol–water partition coefficient (Wildman–Crippen LogP) is 10.5. The number of hydrogen-bond donors (Lipinski definition) is 3.